The number of nitrogens with two attached hydrogens (primary N) is 1. The molecule has 6 nitrogen and oxygen atoms in total. The summed E-state index contributed by atoms with van der Waals surface area (Å²) in [4.78, 5) is 26.9. The minimum absolute atomic E-state index is 0.0259. The number of nitrogens with zero attached hydrogens (tertiary/aromatic N) is 1. The van der Waals surface area contributed by atoms with Crippen LogP contribution in [0.5, 0.6) is 0 Å². The highest BCUT2D eigenvalue weighted by molar-refractivity contribution is 7.80. The predicted octanol–water partition coefficient (Wildman–Crippen LogP) is 1.84. The molecule has 7 heteroatoms. The van der Waals surface area contributed by atoms with E-state index >= 15 is 0 Å². The number of nitrogens with one attached hydrogen (secondary N) is 2. The van der Waals surface area contributed by atoms with Crippen LogP contribution in [0.3, 0.4) is 0 Å². The molecule has 2 rings (SSSR count). The molecule has 0 aromatic rings. The molecule has 1 saturated heterocycles. The lowest BCUT2D eigenvalue weighted by atomic mass is 9.66. The Balaban J connectivity index is 2.47. The molecule has 0 aliphatic carbocycles. The van der Waals surface area contributed by atoms with Crippen molar-refractivity contribution in [3.8, 4) is 0 Å². The molecule has 146 valence electrons. The molecule has 0 spiro atoms. The number of hydrogen-bond acceptors (Lipinski definition) is 4. The molecule has 2 heterocycles. The average molecular weight is 381 g/mol. The van der Waals surface area contributed by atoms with Crippen LogP contribution < -0.4 is 16.4 Å². The number of thiocarbonyl (C=S) groups is 1. The van der Waals surface area contributed by atoms with Crippen molar-refractivity contribution < 1.29 is 9.59 Å². The van der Waals surface area contributed by atoms with Gasteiger partial charge in [-0.2, -0.15) is 0 Å². The quantitative estimate of drug-likeness (QED) is 0.338. The zero-order valence-corrected chi connectivity index (χ0v) is 17.0. The minimum atomic E-state index is -0.440. The molecule has 0 radical (unpaired) electrons. The van der Waals surface area contributed by atoms with Crippen LogP contribution >= 0.6 is 12.2 Å². The Kier molecular flexibility index (Phi) is 7.17. The fraction of sp³-hybridized carbons (Fsp3) is 0.737. The molecule has 2 amide bonds. The van der Waals surface area contributed by atoms with Crippen molar-refractivity contribution in [2.45, 2.75) is 65.3 Å². The summed E-state index contributed by atoms with van der Waals surface area (Å²) >= 11 is 5.31. The SMILES string of the molecule is CCCCCCC(CC)(C1=C(C)C(=O)NC1=O)C1CNCCN1C(N)=S. The number of carbonyl (C=O) groups is 2. The fourth-order valence-electron chi connectivity index (χ4n) is 4.52. The van der Waals surface area contributed by atoms with E-state index in [1.807, 2.05) is 4.90 Å². The van der Waals surface area contributed by atoms with Crippen LogP contribution in [0.4, 0.5) is 0 Å². The number of amides is 2. The summed E-state index contributed by atoms with van der Waals surface area (Å²) in [6.45, 7) is 8.28. The Hall–Kier alpha value is -1.47. The highest BCUT2D eigenvalue weighted by Gasteiger charge is 2.50. The molecule has 0 saturated carbocycles. The van der Waals surface area contributed by atoms with Gasteiger partial charge in [0.25, 0.3) is 11.8 Å². The van der Waals surface area contributed by atoms with Gasteiger partial charge in [-0.25, -0.2) is 0 Å². The van der Waals surface area contributed by atoms with Gasteiger partial charge in [-0.15, -0.1) is 0 Å². The molecule has 0 aromatic carbocycles. The first kappa shape index (κ1) is 20.8. The summed E-state index contributed by atoms with van der Waals surface area (Å²) in [6, 6.07) is -0.0259. The first-order valence-electron chi connectivity index (χ1n) is 9.72. The molecule has 26 heavy (non-hydrogen) atoms. The van der Waals surface area contributed by atoms with Crippen LogP contribution in [0.2, 0.25) is 0 Å². The average Bonchev–Trinajstić information content (AvgIpc) is 2.88. The van der Waals surface area contributed by atoms with Gasteiger partial charge >= 0.3 is 0 Å². The van der Waals surface area contributed by atoms with Crippen molar-refractivity contribution in [1.82, 2.24) is 15.5 Å². The van der Waals surface area contributed by atoms with E-state index in [0.717, 1.165) is 45.2 Å². The van der Waals surface area contributed by atoms with Crippen LogP contribution in [0.15, 0.2) is 11.1 Å². The summed E-state index contributed by atoms with van der Waals surface area (Å²) in [7, 11) is 0. The highest BCUT2D eigenvalue weighted by atomic mass is 32.1. The normalized spacial score (nSPS) is 23.2. The van der Waals surface area contributed by atoms with Gasteiger partial charge in [0, 0.05) is 36.2 Å². The van der Waals surface area contributed by atoms with Gasteiger partial charge in [0.1, 0.15) is 0 Å². The van der Waals surface area contributed by atoms with E-state index in [1.54, 1.807) is 6.92 Å². The van der Waals surface area contributed by atoms with Crippen LogP contribution in [0, 0.1) is 5.41 Å². The van der Waals surface area contributed by atoms with Crippen molar-refractivity contribution in [2.24, 2.45) is 11.1 Å². The molecule has 2 unspecified atom stereocenters. The Morgan fingerprint density at radius 2 is 2.00 bits per heavy atom. The maximum Gasteiger partial charge on any atom is 0.255 e. The van der Waals surface area contributed by atoms with Gasteiger partial charge in [0.15, 0.2) is 5.11 Å². The molecular weight excluding hydrogens is 348 g/mol. The fourth-order valence-corrected chi connectivity index (χ4v) is 4.74. The van der Waals surface area contributed by atoms with Gasteiger partial charge in [0.2, 0.25) is 0 Å². The lowest BCUT2D eigenvalue weighted by Crippen LogP contribution is -2.62. The van der Waals surface area contributed by atoms with Crippen molar-refractivity contribution in [3.63, 3.8) is 0 Å². The second kappa shape index (κ2) is 8.95. The Labute approximate surface area is 161 Å². The predicted molar refractivity (Wildman–Crippen MR) is 107 cm³/mol. The first-order chi connectivity index (χ1) is 12.4. The maximum absolute atomic E-state index is 12.7. The third-order valence-electron chi connectivity index (χ3n) is 5.94. The third-order valence-corrected chi connectivity index (χ3v) is 6.17. The Morgan fingerprint density at radius 3 is 2.54 bits per heavy atom. The van der Waals surface area contributed by atoms with Crippen LogP contribution in [0.25, 0.3) is 0 Å². The van der Waals surface area contributed by atoms with Crippen LogP contribution in [-0.2, 0) is 9.59 Å². The summed E-state index contributed by atoms with van der Waals surface area (Å²) < 4.78 is 0. The van der Waals surface area contributed by atoms with Crippen molar-refractivity contribution >= 4 is 29.1 Å². The molecule has 0 bridgehead atoms. The molecule has 2 aliphatic heterocycles. The smallest absolute Gasteiger partial charge is 0.255 e. The van der Waals surface area contributed by atoms with Gasteiger partial charge in [-0.3, -0.25) is 14.9 Å². The van der Waals surface area contributed by atoms with Gasteiger partial charge < -0.3 is 16.0 Å². The van der Waals surface area contributed by atoms with Crippen LogP contribution in [0.1, 0.15) is 59.3 Å². The molecular formula is C19H32N4O2S. The molecule has 1 fully saturated rings. The zero-order chi connectivity index (χ0) is 19.3. The van der Waals surface area contributed by atoms with Crippen LogP contribution in [-0.4, -0.2) is 47.5 Å². The summed E-state index contributed by atoms with van der Waals surface area (Å²) in [6.07, 6.45) is 6.07. The minimum Gasteiger partial charge on any atom is -0.376 e. The van der Waals surface area contributed by atoms with Crippen molar-refractivity contribution in [2.75, 3.05) is 19.6 Å². The molecule has 2 aliphatic rings. The number of imide groups is 1. The lowest BCUT2D eigenvalue weighted by Gasteiger charge is -2.49. The van der Waals surface area contributed by atoms with Gasteiger partial charge in [-0.05, 0) is 32.0 Å². The number of rotatable bonds is 8. The van der Waals surface area contributed by atoms with Gasteiger partial charge in [0.05, 0.1) is 6.04 Å². The van der Waals surface area contributed by atoms with Crippen molar-refractivity contribution in [3.05, 3.63) is 11.1 Å². The second-order valence-corrected chi connectivity index (χ2v) is 7.77. The third kappa shape index (κ3) is 3.93. The topological polar surface area (TPSA) is 87.5 Å². The van der Waals surface area contributed by atoms with E-state index in [1.165, 1.54) is 6.42 Å². The van der Waals surface area contributed by atoms with E-state index in [0.29, 0.717) is 22.8 Å². The lowest BCUT2D eigenvalue weighted by molar-refractivity contribution is -0.124. The zero-order valence-electron chi connectivity index (χ0n) is 16.2. The highest BCUT2D eigenvalue weighted by Crippen LogP contribution is 2.46. The van der Waals surface area contributed by atoms with E-state index < -0.39 is 5.41 Å². The summed E-state index contributed by atoms with van der Waals surface area (Å²) in [5.41, 5.74) is 6.77. The van der Waals surface area contributed by atoms with E-state index in [4.69, 9.17) is 18.0 Å². The van der Waals surface area contributed by atoms with Gasteiger partial charge in [-0.1, -0.05) is 39.5 Å². The number of carbonyl (C=O) groups excluding carboxylic acids is 2. The standard InChI is InChI=1S/C19H32N4O2S/c1-4-6-7-8-9-19(5-2,15-13(3)16(24)22-17(15)25)14-12-21-10-11-23(14)18(20)26/h14,21H,4-12H2,1-3H3,(H2,20,26)(H,22,24,25). The molecule has 0 aromatic heterocycles. The molecule has 2 atom stereocenters. The number of piperazine rings is 1. The number of unbranched alkanes of at least 4 members (excludes halogenated alkanes) is 3. The monoisotopic (exact) mass is 380 g/mol. The molecule has 4 N–H and O–H groups in total. The largest absolute Gasteiger partial charge is 0.376 e. The van der Waals surface area contributed by atoms with E-state index in [2.05, 4.69) is 24.5 Å². The van der Waals surface area contributed by atoms with E-state index in [-0.39, 0.29) is 17.9 Å². The second-order valence-electron chi connectivity index (χ2n) is 7.36. The van der Waals surface area contributed by atoms with Crippen molar-refractivity contribution in [1.29, 1.82) is 0 Å². The maximum atomic E-state index is 12.7. The summed E-state index contributed by atoms with van der Waals surface area (Å²) in [5, 5.41) is 6.28. The summed E-state index contributed by atoms with van der Waals surface area (Å²) in [5.74, 6) is -0.527. The first-order valence-corrected chi connectivity index (χ1v) is 10.1. The Morgan fingerprint density at radius 1 is 1.27 bits per heavy atom. The number of hydrogen-bond donors (Lipinski definition) is 3. The Bertz CT molecular complexity index is 604. The van der Waals surface area contributed by atoms with E-state index in [9.17, 15) is 9.59 Å².